The van der Waals surface area contributed by atoms with Crippen LogP contribution in [-0.2, 0) is 4.79 Å². The summed E-state index contributed by atoms with van der Waals surface area (Å²) in [5.74, 6) is 1.47. The zero-order chi connectivity index (χ0) is 12.9. The van der Waals surface area contributed by atoms with Gasteiger partial charge < -0.3 is 10.4 Å². The number of aliphatic hydroxyl groups is 1. The number of amides is 1. The molecule has 1 aliphatic carbocycles. The Morgan fingerprint density at radius 3 is 2.65 bits per heavy atom. The first-order valence-corrected chi connectivity index (χ1v) is 6.88. The van der Waals surface area contributed by atoms with Gasteiger partial charge >= 0.3 is 0 Å². The third kappa shape index (κ3) is 7.37. The van der Waals surface area contributed by atoms with Crippen LogP contribution >= 0.6 is 0 Å². The summed E-state index contributed by atoms with van der Waals surface area (Å²) in [6.07, 6.45) is 5.95. The highest BCUT2D eigenvalue weighted by Gasteiger charge is 2.24. The minimum absolute atomic E-state index is 0.0849. The fraction of sp³-hybridized carbons (Fsp3) is 0.929. The van der Waals surface area contributed by atoms with E-state index in [9.17, 15) is 9.90 Å². The molecule has 0 heterocycles. The molecule has 2 N–H and O–H groups in total. The van der Waals surface area contributed by atoms with Crippen LogP contribution in [0.3, 0.4) is 0 Å². The van der Waals surface area contributed by atoms with Crippen molar-refractivity contribution in [3.8, 4) is 0 Å². The van der Waals surface area contributed by atoms with Crippen molar-refractivity contribution in [2.75, 3.05) is 6.54 Å². The van der Waals surface area contributed by atoms with Gasteiger partial charge in [-0.1, -0.05) is 26.7 Å². The SMILES string of the molecule is CC(C)CCC(C)(O)CNC(=O)CCC1CC1. The average Bonchev–Trinajstić information content (AvgIpc) is 3.05. The van der Waals surface area contributed by atoms with E-state index in [-0.39, 0.29) is 5.91 Å². The highest BCUT2D eigenvalue weighted by molar-refractivity contribution is 5.75. The summed E-state index contributed by atoms with van der Waals surface area (Å²) in [4.78, 5) is 11.5. The summed E-state index contributed by atoms with van der Waals surface area (Å²) < 4.78 is 0. The highest BCUT2D eigenvalue weighted by atomic mass is 16.3. The maximum absolute atomic E-state index is 11.5. The van der Waals surface area contributed by atoms with Crippen molar-refractivity contribution in [1.29, 1.82) is 0 Å². The highest BCUT2D eigenvalue weighted by Crippen LogP contribution is 2.33. The second kappa shape index (κ2) is 6.39. The van der Waals surface area contributed by atoms with Crippen LogP contribution in [0.25, 0.3) is 0 Å². The monoisotopic (exact) mass is 241 g/mol. The van der Waals surface area contributed by atoms with Crippen molar-refractivity contribution in [1.82, 2.24) is 5.32 Å². The van der Waals surface area contributed by atoms with Gasteiger partial charge in [-0.05, 0) is 38.0 Å². The van der Waals surface area contributed by atoms with Gasteiger partial charge in [0, 0.05) is 13.0 Å². The lowest BCUT2D eigenvalue weighted by Gasteiger charge is -2.24. The summed E-state index contributed by atoms with van der Waals surface area (Å²) in [5.41, 5.74) is -0.764. The number of carbonyl (C=O) groups excluding carboxylic acids is 1. The van der Waals surface area contributed by atoms with Crippen LogP contribution in [0.2, 0.25) is 0 Å². The zero-order valence-corrected chi connectivity index (χ0v) is 11.5. The second-order valence-corrected chi connectivity index (χ2v) is 6.19. The molecule has 0 bridgehead atoms. The number of hydrogen-bond donors (Lipinski definition) is 2. The van der Waals surface area contributed by atoms with Crippen molar-refractivity contribution in [3.63, 3.8) is 0 Å². The molecule has 0 spiro atoms. The molecule has 0 aromatic rings. The molecule has 0 aromatic carbocycles. The fourth-order valence-electron chi connectivity index (χ4n) is 1.81. The molecule has 1 atom stereocenters. The Kier molecular flexibility index (Phi) is 5.44. The van der Waals surface area contributed by atoms with E-state index in [2.05, 4.69) is 19.2 Å². The number of rotatable bonds is 8. The minimum atomic E-state index is -0.764. The van der Waals surface area contributed by atoms with Crippen LogP contribution in [0, 0.1) is 11.8 Å². The molecule has 1 saturated carbocycles. The summed E-state index contributed by atoms with van der Waals surface area (Å²) in [6, 6.07) is 0. The smallest absolute Gasteiger partial charge is 0.220 e. The molecule has 1 unspecified atom stereocenters. The van der Waals surface area contributed by atoms with Gasteiger partial charge in [-0.2, -0.15) is 0 Å². The van der Waals surface area contributed by atoms with E-state index in [1.54, 1.807) is 6.92 Å². The van der Waals surface area contributed by atoms with E-state index in [1.807, 2.05) is 0 Å². The summed E-state index contributed by atoms with van der Waals surface area (Å²) in [6.45, 7) is 6.47. The van der Waals surface area contributed by atoms with Gasteiger partial charge in [0.2, 0.25) is 5.91 Å². The van der Waals surface area contributed by atoms with Crippen molar-refractivity contribution in [2.45, 2.75) is 64.9 Å². The Morgan fingerprint density at radius 2 is 2.12 bits per heavy atom. The predicted molar refractivity (Wildman–Crippen MR) is 69.7 cm³/mol. The van der Waals surface area contributed by atoms with E-state index < -0.39 is 5.60 Å². The van der Waals surface area contributed by atoms with Gasteiger partial charge in [0.15, 0.2) is 0 Å². The maximum Gasteiger partial charge on any atom is 0.220 e. The molecule has 100 valence electrons. The van der Waals surface area contributed by atoms with Crippen LogP contribution in [0.15, 0.2) is 0 Å². The fourth-order valence-corrected chi connectivity index (χ4v) is 1.81. The Morgan fingerprint density at radius 1 is 1.47 bits per heavy atom. The summed E-state index contributed by atoms with van der Waals surface area (Å²) in [5, 5.41) is 12.9. The second-order valence-electron chi connectivity index (χ2n) is 6.19. The van der Waals surface area contributed by atoms with E-state index in [0.717, 1.165) is 25.2 Å². The molecule has 17 heavy (non-hydrogen) atoms. The van der Waals surface area contributed by atoms with Crippen LogP contribution in [0.1, 0.15) is 59.3 Å². The minimum Gasteiger partial charge on any atom is -0.388 e. The lowest BCUT2D eigenvalue weighted by Crippen LogP contribution is -2.40. The molecule has 1 fully saturated rings. The molecular formula is C14H27NO2. The van der Waals surface area contributed by atoms with E-state index in [1.165, 1.54) is 12.8 Å². The maximum atomic E-state index is 11.5. The van der Waals surface area contributed by atoms with Gasteiger partial charge in [-0.15, -0.1) is 0 Å². The van der Waals surface area contributed by atoms with Crippen molar-refractivity contribution in [3.05, 3.63) is 0 Å². The first-order valence-electron chi connectivity index (χ1n) is 6.88. The largest absolute Gasteiger partial charge is 0.388 e. The van der Waals surface area contributed by atoms with E-state index in [0.29, 0.717) is 18.9 Å². The molecule has 1 rings (SSSR count). The number of nitrogens with one attached hydrogen (secondary N) is 1. The molecule has 0 aliphatic heterocycles. The van der Waals surface area contributed by atoms with Crippen molar-refractivity contribution in [2.24, 2.45) is 11.8 Å². The lowest BCUT2D eigenvalue weighted by atomic mass is 9.95. The van der Waals surface area contributed by atoms with Crippen molar-refractivity contribution >= 4 is 5.91 Å². The standard InChI is InChI=1S/C14H27NO2/c1-11(2)8-9-14(3,17)10-15-13(16)7-6-12-4-5-12/h11-12,17H,4-10H2,1-3H3,(H,15,16). The molecule has 1 amide bonds. The van der Waals surface area contributed by atoms with Gasteiger partial charge in [0.05, 0.1) is 5.60 Å². The molecular weight excluding hydrogens is 214 g/mol. The van der Waals surface area contributed by atoms with Crippen LogP contribution in [-0.4, -0.2) is 23.2 Å². The first-order chi connectivity index (χ1) is 7.89. The Balaban J connectivity index is 2.11. The van der Waals surface area contributed by atoms with E-state index >= 15 is 0 Å². The Bertz CT molecular complexity index is 245. The molecule has 1 aliphatic rings. The zero-order valence-electron chi connectivity index (χ0n) is 11.5. The van der Waals surface area contributed by atoms with Crippen molar-refractivity contribution < 1.29 is 9.90 Å². The third-order valence-corrected chi connectivity index (χ3v) is 3.40. The molecule has 0 aromatic heterocycles. The first kappa shape index (κ1) is 14.5. The molecule has 0 radical (unpaired) electrons. The number of hydrogen-bond acceptors (Lipinski definition) is 2. The van der Waals surface area contributed by atoms with Gasteiger partial charge in [-0.25, -0.2) is 0 Å². The summed E-state index contributed by atoms with van der Waals surface area (Å²) in [7, 11) is 0. The van der Waals surface area contributed by atoms with Crippen LogP contribution in [0.4, 0.5) is 0 Å². The molecule has 0 saturated heterocycles. The van der Waals surface area contributed by atoms with Crippen LogP contribution < -0.4 is 5.32 Å². The molecule has 3 heteroatoms. The normalized spacial score (nSPS) is 19.1. The lowest BCUT2D eigenvalue weighted by molar-refractivity contribution is -0.122. The average molecular weight is 241 g/mol. The van der Waals surface area contributed by atoms with Gasteiger partial charge in [0.1, 0.15) is 0 Å². The van der Waals surface area contributed by atoms with E-state index in [4.69, 9.17) is 0 Å². The molecule has 3 nitrogen and oxygen atoms in total. The van der Waals surface area contributed by atoms with Gasteiger partial charge in [-0.3, -0.25) is 4.79 Å². The Hall–Kier alpha value is -0.570. The summed E-state index contributed by atoms with van der Waals surface area (Å²) >= 11 is 0. The van der Waals surface area contributed by atoms with Crippen LogP contribution in [0.5, 0.6) is 0 Å². The quantitative estimate of drug-likeness (QED) is 0.686. The topological polar surface area (TPSA) is 49.3 Å². The Labute approximate surface area is 105 Å². The number of carbonyl (C=O) groups is 1. The predicted octanol–water partition coefficient (Wildman–Crippen LogP) is 2.48. The van der Waals surface area contributed by atoms with Gasteiger partial charge in [0.25, 0.3) is 0 Å². The third-order valence-electron chi connectivity index (χ3n) is 3.40.